The Morgan fingerprint density at radius 1 is 0.864 bits per heavy atom. The molecule has 0 bridgehead atoms. The van der Waals surface area contributed by atoms with Crippen molar-refractivity contribution < 1.29 is 14.7 Å². The average molecular weight is 303 g/mol. The molecule has 0 aliphatic carbocycles. The minimum atomic E-state index is -0.889. The summed E-state index contributed by atoms with van der Waals surface area (Å²) < 4.78 is 0. The van der Waals surface area contributed by atoms with Crippen molar-refractivity contribution in [1.29, 1.82) is 0 Å². The highest BCUT2D eigenvalue weighted by Crippen LogP contribution is 2.30. The van der Waals surface area contributed by atoms with Crippen LogP contribution in [0.3, 0.4) is 0 Å². The van der Waals surface area contributed by atoms with Crippen molar-refractivity contribution >= 4 is 11.9 Å². The zero-order valence-electron chi connectivity index (χ0n) is 14.1. The van der Waals surface area contributed by atoms with Crippen LogP contribution < -0.4 is 0 Å². The van der Waals surface area contributed by atoms with Crippen molar-refractivity contribution in [3.63, 3.8) is 0 Å². The van der Waals surface area contributed by atoms with Gasteiger partial charge in [-0.15, -0.1) is 0 Å². The molecule has 0 spiro atoms. The second-order valence-corrected chi connectivity index (χ2v) is 6.41. The van der Waals surface area contributed by atoms with E-state index in [4.69, 9.17) is 5.11 Å². The number of piperidine rings is 1. The number of nitrogens with zero attached hydrogens (tertiary/aromatic N) is 1. The Labute approximate surface area is 132 Å². The molecule has 1 saturated heterocycles. The van der Waals surface area contributed by atoms with Crippen LogP contribution in [-0.2, 0) is 0 Å². The fraction of sp³-hybridized carbons (Fsp3) is 0.556. The first-order valence-corrected chi connectivity index (χ1v) is 7.84. The number of carbonyl (C=O) groups is 2. The lowest BCUT2D eigenvalue weighted by Gasteiger charge is -2.30. The van der Waals surface area contributed by atoms with E-state index in [0.717, 1.165) is 16.7 Å². The quantitative estimate of drug-likeness (QED) is 0.845. The molecule has 1 aromatic carbocycles. The normalized spacial score (nSPS) is 16.0. The van der Waals surface area contributed by atoms with Crippen molar-refractivity contribution in [2.24, 2.45) is 5.92 Å². The molecule has 2 rings (SSSR count). The van der Waals surface area contributed by atoms with Crippen LogP contribution in [0.15, 0.2) is 0 Å². The van der Waals surface area contributed by atoms with Crippen molar-refractivity contribution in [3.8, 4) is 0 Å². The maximum atomic E-state index is 13.0. The summed E-state index contributed by atoms with van der Waals surface area (Å²) in [7, 11) is 0. The average Bonchev–Trinajstić information content (AvgIpc) is 2.51. The Kier molecular flexibility index (Phi) is 4.59. The van der Waals surface area contributed by atoms with E-state index in [0.29, 0.717) is 25.9 Å². The zero-order valence-corrected chi connectivity index (χ0v) is 14.1. The van der Waals surface area contributed by atoms with E-state index >= 15 is 0 Å². The standard InChI is InChI=1S/C18H25NO3/c1-10-11(2)13(4)16(14(5)12(10)3)17(20)15-6-8-19(9-7-15)18(21)22/h15H,6-9H2,1-5H3,(H,21,22). The lowest BCUT2D eigenvalue weighted by molar-refractivity contribution is 0.0820. The Hall–Kier alpha value is -1.84. The minimum Gasteiger partial charge on any atom is -0.465 e. The Morgan fingerprint density at radius 3 is 1.68 bits per heavy atom. The third-order valence-electron chi connectivity index (χ3n) is 5.38. The number of ketones is 1. The van der Waals surface area contributed by atoms with Crippen LogP contribution in [0.4, 0.5) is 4.79 Å². The Balaban J connectivity index is 2.30. The van der Waals surface area contributed by atoms with E-state index in [9.17, 15) is 9.59 Å². The smallest absolute Gasteiger partial charge is 0.407 e. The third kappa shape index (κ3) is 2.74. The summed E-state index contributed by atoms with van der Waals surface area (Å²) >= 11 is 0. The summed E-state index contributed by atoms with van der Waals surface area (Å²) in [4.78, 5) is 25.3. The molecule has 4 nitrogen and oxygen atoms in total. The number of amides is 1. The van der Waals surface area contributed by atoms with Gasteiger partial charge in [0, 0.05) is 24.6 Å². The third-order valence-corrected chi connectivity index (χ3v) is 5.38. The molecule has 0 radical (unpaired) electrons. The van der Waals surface area contributed by atoms with Crippen LogP contribution in [0, 0.1) is 40.5 Å². The molecule has 1 aromatic rings. The van der Waals surface area contributed by atoms with Gasteiger partial charge in [0.2, 0.25) is 0 Å². The number of hydrogen-bond donors (Lipinski definition) is 1. The van der Waals surface area contributed by atoms with E-state index in [1.165, 1.54) is 21.6 Å². The van der Waals surface area contributed by atoms with Gasteiger partial charge in [-0.3, -0.25) is 4.79 Å². The van der Waals surface area contributed by atoms with Gasteiger partial charge < -0.3 is 10.0 Å². The van der Waals surface area contributed by atoms with Crippen molar-refractivity contribution in [2.45, 2.75) is 47.5 Å². The summed E-state index contributed by atoms with van der Waals surface area (Å²) in [6, 6.07) is 0. The summed E-state index contributed by atoms with van der Waals surface area (Å²) in [6.45, 7) is 11.2. The molecule has 1 aliphatic heterocycles. The predicted octanol–water partition coefficient (Wildman–Crippen LogP) is 3.80. The molecular formula is C18H25NO3. The van der Waals surface area contributed by atoms with E-state index in [2.05, 4.69) is 20.8 Å². The van der Waals surface area contributed by atoms with Crippen molar-refractivity contribution in [3.05, 3.63) is 33.4 Å². The fourth-order valence-electron chi connectivity index (χ4n) is 3.41. The molecule has 22 heavy (non-hydrogen) atoms. The Morgan fingerprint density at radius 2 is 1.27 bits per heavy atom. The van der Waals surface area contributed by atoms with Gasteiger partial charge in [-0.05, 0) is 75.3 Å². The van der Waals surface area contributed by atoms with E-state index < -0.39 is 6.09 Å². The molecular weight excluding hydrogens is 278 g/mol. The molecule has 1 aliphatic rings. The summed E-state index contributed by atoms with van der Waals surface area (Å²) in [5, 5.41) is 9.01. The van der Waals surface area contributed by atoms with E-state index in [-0.39, 0.29) is 11.7 Å². The molecule has 1 amide bonds. The van der Waals surface area contributed by atoms with Crippen LogP contribution in [0.25, 0.3) is 0 Å². The van der Waals surface area contributed by atoms with Crippen LogP contribution >= 0.6 is 0 Å². The lowest BCUT2D eigenvalue weighted by atomic mass is 9.81. The SMILES string of the molecule is Cc1c(C)c(C)c(C(=O)C2CCN(C(=O)O)CC2)c(C)c1C. The number of likely N-dealkylation sites (tertiary alicyclic amines) is 1. The minimum absolute atomic E-state index is 0.0606. The molecule has 1 heterocycles. The van der Waals surface area contributed by atoms with Crippen LogP contribution in [-0.4, -0.2) is 35.0 Å². The van der Waals surface area contributed by atoms with E-state index in [1.807, 2.05) is 13.8 Å². The highest BCUT2D eigenvalue weighted by molar-refractivity contribution is 6.01. The number of benzene rings is 1. The number of Topliss-reactive ketones (excluding diaryl/α,β-unsaturated/α-hetero) is 1. The van der Waals surface area contributed by atoms with Crippen molar-refractivity contribution in [2.75, 3.05) is 13.1 Å². The first-order chi connectivity index (χ1) is 10.3. The van der Waals surface area contributed by atoms with Gasteiger partial charge in [0.15, 0.2) is 5.78 Å². The summed E-state index contributed by atoms with van der Waals surface area (Å²) in [5.41, 5.74) is 6.64. The summed E-state index contributed by atoms with van der Waals surface area (Å²) in [5.74, 6) is 0.126. The molecule has 0 saturated carbocycles. The van der Waals surface area contributed by atoms with Gasteiger partial charge in [-0.1, -0.05) is 0 Å². The maximum Gasteiger partial charge on any atom is 0.407 e. The van der Waals surface area contributed by atoms with Gasteiger partial charge in [-0.25, -0.2) is 4.79 Å². The first-order valence-electron chi connectivity index (χ1n) is 7.84. The van der Waals surface area contributed by atoms with Crippen LogP contribution in [0.1, 0.15) is 51.0 Å². The van der Waals surface area contributed by atoms with Gasteiger partial charge in [0.05, 0.1) is 0 Å². The topological polar surface area (TPSA) is 57.6 Å². The lowest BCUT2D eigenvalue weighted by Crippen LogP contribution is -2.39. The van der Waals surface area contributed by atoms with Gasteiger partial charge >= 0.3 is 6.09 Å². The second kappa shape index (κ2) is 6.11. The largest absolute Gasteiger partial charge is 0.465 e. The molecule has 0 unspecified atom stereocenters. The molecule has 1 fully saturated rings. The van der Waals surface area contributed by atoms with Gasteiger partial charge in [0.1, 0.15) is 0 Å². The van der Waals surface area contributed by atoms with Crippen molar-refractivity contribution in [1.82, 2.24) is 4.90 Å². The molecule has 0 atom stereocenters. The predicted molar refractivity (Wildman–Crippen MR) is 86.8 cm³/mol. The van der Waals surface area contributed by atoms with Crippen LogP contribution in [0.2, 0.25) is 0 Å². The molecule has 0 aromatic heterocycles. The van der Waals surface area contributed by atoms with Crippen LogP contribution in [0.5, 0.6) is 0 Å². The number of carbonyl (C=O) groups excluding carboxylic acids is 1. The highest BCUT2D eigenvalue weighted by Gasteiger charge is 2.30. The molecule has 120 valence electrons. The number of carboxylic acid groups (broad SMARTS) is 1. The monoisotopic (exact) mass is 303 g/mol. The van der Waals surface area contributed by atoms with Gasteiger partial charge in [-0.2, -0.15) is 0 Å². The number of rotatable bonds is 2. The molecule has 4 heteroatoms. The maximum absolute atomic E-state index is 13.0. The first kappa shape index (κ1) is 16.5. The highest BCUT2D eigenvalue weighted by atomic mass is 16.4. The fourth-order valence-corrected chi connectivity index (χ4v) is 3.41. The van der Waals surface area contributed by atoms with E-state index in [1.54, 1.807) is 0 Å². The second-order valence-electron chi connectivity index (χ2n) is 6.41. The molecule has 1 N–H and O–H groups in total. The van der Waals surface area contributed by atoms with Gasteiger partial charge in [0.25, 0.3) is 0 Å². The number of hydrogen-bond acceptors (Lipinski definition) is 2. The Bertz CT molecular complexity index is 597. The zero-order chi connectivity index (χ0) is 16.6. The summed E-state index contributed by atoms with van der Waals surface area (Å²) in [6.07, 6.45) is 0.353.